The Morgan fingerprint density at radius 1 is 1.24 bits per heavy atom. The Balaban J connectivity index is 1.88. The summed E-state index contributed by atoms with van der Waals surface area (Å²) in [6.07, 6.45) is 2.49. The maximum Gasteiger partial charge on any atom is 0.0406 e. The summed E-state index contributed by atoms with van der Waals surface area (Å²) in [7, 11) is 2.19. The van der Waals surface area contributed by atoms with Crippen molar-refractivity contribution in [2.45, 2.75) is 31.8 Å². The molecule has 1 saturated heterocycles. The highest BCUT2D eigenvalue weighted by Gasteiger charge is 2.18. The van der Waals surface area contributed by atoms with Gasteiger partial charge in [0.1, 0.15) is 0 Å². The van der Waals surface area contributed by atoms with Crippen molar-refractivity contribution in [3.8, 4) is 0 Å². The molecule has 0 aromatic heterocycles. The predicted octanol–water partition coefficient (Wildman–Crippen LogP) is 3.08. The van der Waals surface area contributed by atoms with Gasteiger partial charge < -0.3 is 10.2 Å². The van der Waals surface area contributed by atoms with Gasteiger partial charge in [0.15, 0.2) is 0 Å². The topological polar surface area (TPSA) is 15.3 Å². The van der Waals surface area contributed by atoms with Gasteiger partial charge in [-0.1, -0.05) is 23.7 Å². The summed E-state index contributed by atoms with van der Waals surface area (Å²) < 4.78 is 0. The molecule has 0 radical (unpaired) electrons. The molecule has 0 saturated carbocycles. The Labute approximate surface area is 109 Å². The van der Waals surface area contributed by atoms with Gasteiger partial charge in [0.2, 0.25) is 0 Å². The third kappa shape index (κ3) is 3.70. The first-order chi connectivity index (χ1) is 8.15. The molecule has 1 atom stereocenters. The molecular formula is C14H21ClN2. The number of piperidine rings is 1. The Morgan fingerprint density at radius 3 is 2.41 bits per heavy atom. The number of nitrogens with one attached hydrogen (secondary N) is 1. The molecule has 2 rings (SSSR count). The van der Waals surface area contributed by atoms with Crippen molar-refractivity contribution in [1.29, 1.82) is 0 Å². The summed E-state index contributed by atoms with van der Waals surface area (Å²) in [5, 5.41) is 4.51. The van der Waals surface area contributed by atoms with Gasteiger partial charge in [0, 0.05) is 17.1 Å². The second-order valence-electron chi connectivity index (χ2n) is 5.02. The minimum atomic E-state index is 0.403. The van der Waals surface area contributed by atoms with Crippen molar-refractivity contribution in [3.05, 3.63) is 34.9 Å². The Hall–Kier alpha value is -0.570. The highest BCUT2D eigenvalue weighted by atomic mass is 35.5. The van der Waals surface area contributed by atoms with E-state index < -0.39 is 0 Å². The first kappa shape index (κ1) is 12.9. The monoisotopic (exact) mass is 252 g/mol. The smallest absolute Gasteiger partial charge is 0.0406 e. The summed E-state index contributed by atoms with van der Waals surface area (Å²) in [5.74, 6) is 0. The van der Waals surface area contributed by atoms with Crippen LogP contribution in [0.1, 0.15) is 31.4 Å². The number of nitrogens with zero attached hydrogens (tertiary/aromatic N) is 1. The van der Waals surface area contributed by atoms with Crippen molar-refractivity contribution < 1.29 is 0 Å². The van der Waals surface area contributed by atoms with Gasteiger partial charge in [-0.05, 0) is 57.6 Å². The number of benzene rings is 1. The molecule has 1 aromatic rings. The van der Waals surface area contributed by atoms with E-state index in [2.05, 4.69) is 36.3 Å². The van der Waals surface area contributed by atoms with Crippen LogP contribution in [0.5, 0.6) is 0 Å². The molecule has 2 nitrogen and oxygen atoms in total. The van der Waals surface area contributed by atoms with E-state index in [4.69, 9.17) is 11.6 Å². The van der Waals surface area contributed by atoms with Crippen LogP contribution in [0.2, 0.25) is 5.02 Å². The summed E-state index contributed by atoms with van der Waals surface area (Å²) in [4.78, 5) is 2.39. The van der Waals surface area contributed by atoms with Crippen LogP contribution in [0.4, 0.5) is 0 Å². The minimum absolute atomic E-state index is 0.403. The number of rotatable bonds is 3. The zero-order valence-corrected chi connectivity index (χ0v) is 11.4. The molecule has 0 spiro atoms. The number of hydrogen-bond donors (Lipinski definition) is 1. The fourth-order valence-corrected chi connectivity index (χ4v) is 2.50. The quantitative estimate of drug-likeness (QED) is 0.890. The second kappa shape index (κ2) is 5.85. The van der Waals surface area contributed by atoms with Crippen molar-refractivity contribution in [2.75, 3.05) is 20.1 Å². The molecule has 1 aliphatic heterocycles. The molecule has 1 aromatic carbocycles. The van der Waals surface area contributed by atoms with Crippen LogP contribution in [0.25, 0.3) is 0 Å². The van der Waals surface area contributed by atoms with E-state index in [1.165, 1.54) is 31.5 Å². The van der Waals surface area contributed by atoms with E-state index in [-0.39, 0.29) is 0 Å². The minimum Gasteiger partial charge on any atom is -0.307 e. The van der Waals surface area contributed by atoms with E-state index in [1.54, 1.807) is 0 Å². The Kier molecular flexibility index (Phi) is 4.43. The van der Waals surface area contributed by atoms with Gasteiger partial charge in [0.25, 0.3) is 0 Å². The van der Waals surface area contributed by atoms with E-state index in [1.807, 2.05) is 12.1 Å². The second-order valence-corrected chi connectivity index (χ2v) is 5.45. The number of halogens is 1. The first-order valence-electron chi connectivity index (χ1n) is 6.35. The van der Waals surface area contributed by atoms with E-state index in [0.29, 0.717) is 12.1 Å². The summed E-state index contributed by atoms with van der Waals surface area (Å²) >= 11 is 5.90. The molecular weight excluding hydrogens is 232 g/mol. The Bertz CT molecular complexity index is 342. The average Bonchev–Trinajstić information content (AvgIpc) is 2.33. The molecule has 17 heavy (non-hydrogen) atoms. The van der Waals surface area contributed by atoms with Gasteiger partial charge in [-0.3, -0.25) is 0 Å². The number of likely N-dealkylation sites (tertiary alicyclic amines) is 1. The molecule has 3 heteroatoms. The van der Waals surface area contributed by atoms with E-state index >= 15 is 0 Å². The van der Waals surface area contributed by atoms with Crippen molar-refractivity contribution in [2.24, 2.45) is 0 Å². The third-order valence-electron chi connectivity index (χ3n) is 3.57. The normalized spacial score (nSPS) is 20.4. The average molecular weight is 253 g/mol. The van der Waals surface area contributed by atoms with Crippen LogP contribution in [0.15, 0.2) is 24.3 Å². The van der Waals surface area contributed by atoms with Crippen molar-refractivity contribution >= 4 is 11.6 Å². The third-order valence-corrected chi connectivity index (χ3v) is 3.83. The van der Waals surface area contributed by atoms with Gasteiger partial charge in [-0.15, -0.1) is 0 Å². The van der Waals surface area contributed by atoms with Gasteiger partial charge in [0.05, 0.1) is 0 Å². The van der Waals surface area contributed by atoms with Crippen LogP contribution in [-0.2, 0) is 0 Å². The highest BCUT2D eigenvalue weighted by molar-refractivity contribution is 6.30. The standard InChI is InChI=1S/C14H21ClN2/c1-11(12-3-5-13(15)6-4-12)16-14-7-9-17(2)10-8-14/h3-6,11,14,16H,7-10H2,1-2H3/t11-/m0/s1. The van der Waals surface area contributed by atoms with Crippen LogP contribution in [0, 0.1) is 0 Å². The lowest BCUT2D eigenvalue weighted by Crippen LogP contribution is -2.41. The van der Waals surface area contributed by atoms with E-state index in [0.717, 1.165) is 5.02 Å². The molecule has 1 N–H and O–H groups in total. The molecule has 94 valence electrons. The van der Waals surface area contributed by atoms with Crippen LogP contribution in [-0.4, -0.2) is 31.1 Å². The Morgan fingerprint density at radius 2 is 1.82 bits per heavy atom. The predicted molar refractivity (Wildman–Crippen MR) is 73.5 cm³/mol. The largest absolute Gasteiger partial charge is 0.307 e. The first-order valence-corrected chi connectivity index (χ1v) is 6.73. The van der Waals surface area contributed by atoms with Crippen LogP contribution >= 0.6 is 11.6 Å². The highest BCUT2D eigenvalue weighted by Crippen LogP contribution is 2.18. The SMILES string of the molecule is C[C@H](NC1CCN(C)CC1)c1ccc(Cl)cc1. The fraction of sp³-hybridized carbons (Fsp3) is 0.571. The molecule has 1 aliphatic rings. The van der Waals surface area contributed by atoms with Crippen molar-refractivity contribution in [1.82, 2.24) is 10.2 Å². The molecule has 0 unspecified atom stereocenters. The molecule has 1 heterocycles. The van der Waals surface area contributed by atoms with Crippen molar-refractivity contribution in [3.63, 3.8) is 0 Å². The zero-order valence-electron chi connectivity index (χ0n) is 10.6. The zero-order chi connectivity index (χ0) is 12.3. The lowest BCUT2D eigenvalue weighted by molar-refractivity contribution is 0.226. The van der Waals surface area contributed by atoms with Crippen LogP contribution in [0.3, 0.4) is 0 Å². The fourth-order valence-electron chi connectivity index (χ4n) is 2.38. The summed E-state index contributed by atoms with van der Waals surface area (Å²) in [6.45, 7) is 4.62. The van der Waals surface area contributed by atoms with E-state index in [9.17, 15) is 0 Å². The lowest BCUT2D eigenvalue weighted by atomic mass is 10.0. The maximum atomic E-state index is 5.90. The summed E-state index contributed by atoms with van der Waals surface area (Å²) in [5.41, 5.74) is 1.31. The van der Waals surface area contributed by atoms with Gasteiger partial charge in [-0.25, -0.2) is 0 Å². The van der Waals surface area contributed by atoms with Gasteiger partial charge >= 0.3 is 0 Å². The molecule has 0 bridgehead atoms. The molecule has 1 fully saturated rings. The maximum absolute atomic E-state index is 5.90. The van der Waals surface area contributed by atoms with Gasteiger partial charge in [-0.2, -0.15) is 0 Å². The molecule has 0 amide bonds. The molecule has 0 aliphatic carbocycles. The lowest BCUT2D eigenvalue weighted by Gasteiger charge is -2.31. The van der Waals surface area contributed by atoms with Crippen LogP contribution < -0.4 is 5.32 Å². The number of hydrogen-bond acceptors (Lipinski definition) is 2. The summed E-state index contributed by atoms with van der Waals surface area (Å²) in [6, 6.07) is 9.19.